The van der Waals surface area contributed by atoms with Crippen LogP contribution in [0, 0.1) is 0 Å². The highest BCUT2D eigenvalue weighted by Crippen LogP contribution is 2.05. The molecule has 11 heteroatoms. The predicted molar refractivity (Wildman–Crippen MR) is 121 cm³/mol. The molecule has 3 N–H and O–H groups in total. The first-order valence-electron chi connectivity index (χ1n) is 10.9. The summed E-state index contributed by atoms with van der Waals surface area (Å²) in [6.45, 7) is 5.70. The molecular formula is C20H36B2N4O5. The molecule has 4 radical (unpaired) electrons. The summed E-state index contributed by atoms with van der Waals surface area (Å²) in [5.41, 5.74) is 0. The first-order valence-corrected chi connectivity index (χ1v) is 10.9. The number of nitrogens with one attached hydrogen (secondary N) is 3. The van der Waals surface area contributed by atoms with E-state index in [9.17, 15) is 24.0 Å². The fourth-order valence-corrected chi connectivity index (χ4v) is 2.51. The van der Waals surface area contributed by atoms with Gasteiger partial charge in [0, 0.05) is 32.2 Å². The molecule has 9 nitrogen and oxygen atoms in total. The number of carbonyl (C=O) groups is 5. The number of hydrogen-bond donors (Lipinski definition) is 3. The maximum Gasteiger partial charge on any atom is 0.226 e. The number of Topliss-reactive ketones (excluding diaryl/α,β-unsaturated/α-hetero) is 1. The Morgan fingerprint density at radius 1 is 0.710 bits per heavy atom. The van der Waals surface area contributed by atoms with Crippen molar-refractivity contribution in [3.8, 4) is 0 Å². The van der Waals surface area contributed by atoms with Crippen LogP contribution >= 0.6 is 0 Å². The van der Waals surface area contributed by atoms with Crippen LogP contribution in [-0.2, 0) is 24.0 Å². The lowest BCUT2D eigenvalue weighted by molar-refractivity contribution is -0.138. The third-order valence-electron chi connectivity index (χ3n) is 4.24. The van der Waals surface area contributed by atoms with Gasteiger partial charge in [0.2, 0.25) is 39.6 Å². The van der Waals surface area contributed by atoms with E-state index in [1.807, 2.05) is 31.2 Å². The van der Waals surface area contributed by atoms with E-state index in [1.54, 1.807) is 0 Å². The average Bonchev–Trinajstić information content (AvgIpc) is 2.78. The van der Waals surface area contributed by atoms with Gasteiger partial charge in [-0.25, -0.2) is 0 Å². The van der Waals surface area contributed by atoms with Crippen molar-refractivity contribution < 1.29 is 24.0 Å². The quantitative estimate of drug-likeness (QED) is 0.241. The Kier molecular flexibility index (Phi) is 20.8. The van der Waals surface area contributed by atoms with Crippen molar-refractivity contribution in [3.05, 3.63) is 0 Å². The van der Waals surface area contributed by atoms with Crippen molar-refractivity contribution in [3.63, 3.8) is 0 Å². The van der Waals surface area contributed by atoms with Gasteiger partial charge >= 0.3 is 0 Å². The van der Waals surface area contributed by atoms with Crippen LogP contribution < -0.4 is 15.8 Å². The third-order valence-corrected chi connectivity index (χ3v) is 4.24. The van der Waals surface area contributed by atoms with Gasteiger partial charge in [-0.05, 0) is 25.7 Å². The Bertz CT molecular complexity index is 544. The summed E-state index contributed by atoms with van der Waals surface area (Å²) in [4.78, 5) is 58.9. The summed E-state index contributed by atoms with van der Waals surface area (Å²) in [5, 5.41) is 6.61. The van der Waals surface area contributed by atoms with Crippen LogP contribution in [-0.4, -0.2) is 69.9 Å². The zero-order chi connectivity index (χ0) is 24.1. The van der Waals surface area contributed by atoms with Crippen LogP contribution in [0.15, 0.2) is 0 Å². The number of hydrogen-bond acceptors (Lipinski definition) is 5. The Morgan fingerprint density at radius 3 is 1.74 bits per heavy atom. The number of unbranched alkanes of at least 4 members (excludes halogenated alkanes) is 3. The molecule has 31 heavy (non-hydrogen) atoms. The number of amides is 4. The largest absolute Gasteiger partial charge is 0.408 e. The molecule has 4 amide bonds. The molecular weight excluding hydrogens is 398 g/mol. The first-order chi connectivity index (χ1) is 14.8. The monoisotopic (exact) mass is 434 g/mol. The van der Waals surface area contributed by atoms with E-state index < -0.39 is 17.7 Å². The lowest BCUT2D eigenvalue weighted by Crippen LogP contribution is -2.45. The zero-order valence-corrected chi connectivity index (χ0v) is 19.1. The molecule has 0 rings (SSSR count). The summed E-state index contributed by atoms with van der Waals surface area (Å²) in [6.07, 6.45) is 5.03. The molecule has 0 bridgehead atoms. The van der Waals surface area contributed by atoms with Gasteiger partial charge < -0.3 is 20.7 Å². The molecule has 0 aliphatic heterocycles. The highest BCUT2D eigenvalue weighted by Gasteiger charge is 2.18. The Morgan fingerprint density at radius 2 is 1.23 bits per heavy atom. The van der Waals surface area contributed by atoms with Crippen molar-refractivity contribution in [2.75, 3.05) is 19.6 Å². The SMILES string of the molecule is CC.[B]NC(=O)CN(CC(=O)N[B])C(=O)CCCCC(=O)NCCCCCC(=O)CC. The Labute approximate surface area is 188 Å². The smallest absolute Gasteiger partial charge is 0.226 e. The average molecular weight is 434 g/mol. The van der Waals surface area contributed by atoms with Crippen LogP contribution in [0.5, 0.6) is 0 Å². The van der Waals surface area contributed by atoms with Crippen molar-refractivity contribution in [1.82, 2.24) is 20.7 Å². The van der Waals surface area contributed by atoms with Gasteiger partial charge in [-0.2, -0.15) is 0 Å². The van der Waals surface area contributed by atoms with Gasteiger partial charge in [-0.3, -0.25) is 24.0 Å². The van der Waals surface area contributed by atoms with E-state index in [1.165, 1.54) is 0 Å². The number of rotatable bonds is 16. The summed E-state index contributed by atoms with van der Waals surface area (Å²) in [7, 11) is 10.0. The van der Waals surface area contributed by atoms with E-state index in [4.69, 9.17) is 16.0 Å². The number of ketones is 1. The summed E-state index contributed by atoms with van der Waals surface area (Å²) < 4.78 is 0. The van der Waals surface area contributed by atoms with E-state index in [-0.39, 0.29) is 37.6 Å². The predicted octanol–water partition coefficient (Wildman–Crippen LogP) is 0.457. The second kappa shape index (κ2) is 20.9. The van der Waals surface area contributed by atoms with Crippen molar-refractivity contribution in [1.29, 1.82) is 0 Å². The van der Waals surface area contributed by atoms with Crippen molar-refractivity contribution >= 4 is 45.4 Å². The first kappa shape index (κ1) is 30.9. The van der Waals surface area contributed by atoms with Gasteiger partial charge in [0.25, 0.3) is 0 Å². The van der Waals surface area contributed by atoms with E-state index in [0.29, 0.717) is 32.2 Å². The molecule has 0 aliphatic rings. The van der Waals surface area contributed by atoms with Crippen molar-refractivity contribution in [2.24, 2.45) is 0 Å². The molecule has 0 saturated heterocycles. The van der Waals surface area contributed by atoms with E-state index in [0.717, 1.165) is 24.2 Å². The van der Waals surface area contributed by atoms with E-state index in [2.05, 4.69) is 5.32 Å². The standard InChI is InChI=1S/C18H30B2N4O5.C2H6/c1-2-14(25)8-4-3-7-11-21-15(26)9-5-6-10-18(29)24(12-16(27)22-19)13-17(28)23-20;1-2/h2-13H2,1H3,(H,21,26)(H,22,27)(H,23,28);1-2H3. The van der Waals surface area contributed by atoms with Crippen LogP contribution in [0.3, 0.4) is 0 Å². The maximum absolute atomic E-state index is 12.2. The number of nitrogens with zero attached hydrogens (tertiary/aromatic N) is 1. The molecule has 0 heterocycles. The van der Waals surface area contributed by atoms with Crippen molar-refractivity contribution in [2.45, 2.75) is 78.6 Å². The molecule has 0 aromatic heterocycles. The lowest BCUT2D eigenvalue weighted by atomic mass is 10.1. The third kappa shape index (κ3) is 18.2. The van der Waals surface area contributed by atoms with Crippen LogP contribution in [0.4, 0.5) is 0 Å². The fourth-order valence-electron chi connectivity index (χ4n) is 2.51. The second-order valence-corrected chi connectivity index (χ2v) is 6.64. The lowest BCUT2D eigenvalue weighted by Gasteiger charge is -2.21. The van der Waals surface area contributed by atoms with E-state index >= 15 is 0 Å². The molecule has 0 aliphatic carbocycles. The van der Waals surface area contributed by atoms with Gasteiger partial charge in [-0.15, -0.1) is 0 Å². The number of carbonyl (C=O) groups excluding carboxylic acids is 5. The molecule has 0 unspecified atom stereocenters. The van der Waals surface area contributed by atoms with Gasteiger partial charge in [0.05, 0.1) is 13.1 Å². The normalized spacial score (nSPS) is 9.65. The molecule has 0 spiro atoms. The molecule has 0 saturated carbocycles. The minimum Gasteiger partial charge on any atom is -0.408 e. The van der Waals surface area contributed by atoms with Gasteiger partial charge in [-0.1, -0.05) is 27.2 Å². The van der Waals surface area contributed by atoms with Gasteiger partial charge in [0.15, 0.2) is 0 Å². The highest BCUT2D eigenvalue weighted by atomic mass is 16.2. The summed E-state index contributed by atoms with van der Waals surface area (Å²) in [5.74, 6) is -1.46. The molecule has 0 aromatic rings. The molecule has 0 atom stereocenters. The zero-order valence-electron chi connectivity index (χ0n) is 19.1. The Hall–Kier alpha value is -2.32. The van der Waals surface area contributed by atoms with Crippen LogP contribution in [0.1, 0.15) is 78.6 Å². The second-order valence-electron chi connectivity index (χ2n) is 6.64. The minimum absolute atomic E-state index is 0.0917. The Balaban J connectivity index is 0. The minimum atomic E-state index is -0.610. The van der Waals surface area contributed by atoms with Crippen LogP contribution in [0.2, 0.25) is 0 Å². The molecule has 0 aromatic carbocycles. The summed E-state index contributed by atoms with van der Waals surface area (Å²) in [6, 6.07) is 0. The topological polar surface area (TPSA) is 125 Å². The molecule has 172 valence electrons. The highest BCUT2D eigenvalue weighted by molar-refractivity contribution is 6.15. The molecule has 0 fully saturated rings. The maximum atomic E-state index is 12.2. The van der Waals surface area contributed by atoms with Gasteiger partial charge in [0.1, 0.15) is 5.78 Å². The fraction of sp³-hybridized carbons (Fsp3) is 0.750. The summed E-state index contributed by atoms with van der Waals surface area (Å²) >= 11 is 0. The van der Waals surface area contributed by atoms with Crippen LogP contribution in [0.25, 0.3) is 0 Å².